The Morgan fingerprint density at radius 2 is 2.07 bits per heavy atom. The van der Waals surface area contributed by atoms with Crippen molar-refractivity contribution in [2.24, 2.45) is 7.05 Å². The molecule has 0 saturated heterocycles. The molecule has 0 aliphatic rings. The van der Waals surface area contributed by atoms with Gasteiger partial charge in [0.25, 0.3) is 0 Å². The maximum Gasteiger partial charge on any atom is 0.243 e. The van der Waals surface area contributed by atoms with Crippen LogP contribution in [0.5, 0.6) is 0 Å². The lowest BCUT2D eigenvalue weighted by Gasteiger charge is -2.08. The largest absolute Gasteiger partial charge is 0.348 e. The molecule has 2 N–H and O–H groups in total. The van der Waals surface area contributed by atoms with Crippen molar-refractivity contribution in [1.29, 1.82) is 0 Å². The second-order valence-electron chi connectivity index (χ2n) is 6.54. The van der Waals surface area contributed by atoms with Crippen LogP contribution in [0.2, 0.25) is 0 Å². The van der Waals surface area contributed by atoms with Crippen molar-refractivity contribution in [1.82, 2.24) is 34.8 Å². The lowest BCUT2D eigenvalue weighted by atomic mass is 10.1. The third kappa shape index (κ3) is 4.29. The Morgan fingerprint density at radius 3 is 2.86 bits per heavy atom. The van der Waals surface area contributed by atoms with Gasteiger partial charge in [0, 0.05) is 26.0 Å². The van der Waals surface area contributed by atoms with Crippen molar-refractivity contribution in [3.8, 4) is 0 Å². The van der Waals surface area contributed by atoms with E-state index < -0.39 is 0 Å². The number of nitrogens with zero attached hydrogens (tertiary/aromatic N) is 6. The molecule has 0 unspecified atom stereocenters. The van der Waals surface area contributed by atoms with Crippen LogP contribution < -0.4 is 10.6 Å². The van der Waals surface area contributed by atoms with Gasteiger partial charge in [0.1, 0.15) is 0 Å². The van der Waals surface area contributed by atoms with Crippen LogP contribution in [0.1, 0.15) is 11.1 Å². The molecule has 0 fully saturated rings. The minimum Gasteiger partial charge on any atom is -0.348 e. The summed E-state index contributed by atoms with van der Waals surface area (Å²) in [6.45, 7) is 4.45. The standard InChI is InChI=1S/C20H20N8O/c1-3-18(29)21-8-14-5-4-6-15(7-14)12-28-19-16(10-24-28)9-22-20(26-19)25-17-11-23-27(2)13-17/h3-7,9-11,13H,1,8,12H2,2H3,(H,21,29)(H,22,25,26). The third-order valence-electron chi connectivity index (χ3n) is 4.31. The fourth-order valence-corrected chi connectivity index (χ4v) is 2.93. The summed E-state index contributed by atoms with van der Waals surface area (Å²) in [7, 11) is 1.85. The minimum atomic E-state index is -0.196. The topological polar surface area (TPSA) is 103 Å². The van der Waals surface area contributed by atoms with Crippen molar-refractivity contribution in [3.63, 3.8) is 0 Å². The number of carbonyl (C=O) groups is 1. The second-order valence-corrected chi connectivity index (χ2v) is 6.54. The number of aromatic nitrogens is 6. The molecule has 1 amide bonds. The van der Waals surface area contributed by atoms with Gasteiger partial charge >= 0.3 is 0 Å². The molecule has 0 aliphatic heterocycles. The summed E-state index contributed by atoms with van der Waals surface area (Å²) in [5.74, 6) is 0.284. The van der Waals surface area contributed by atoms with Crippen LogP contribution in [-0.2, 0) is 24.9 Å². The van der Waals surface area contributed by atoms with E-state index in [1.807, 2.05) is 42.2 Å². The van der Waals surface area contributed by atoms with E-state index in [1.54, 1.807) is 23.3 Å². The summed E-state index contributed by atoms with van der Waals surface area (Å²) in [6.07, 6.45) is 8.31. The number of nitrogens with one attached hydrogen (secondary N) is 2. The second kappa shape index (κ2) is 7.93. The van der Waals surface area contributed by atoms with E-state index in [4.69, 9.17) is 0 Å². The lowest BCUT2D eigenvalue weighted by Crippen LogP contribution is -2.20. The van der Waals surface area contributed by atoms with Crippen LogP contribution in [0.25, 0.3) is 11.0 Å². The number of amides is 1. The molecule has 9 heteroatoms. The van der Waals surface area contributed by atoms with Gasteiger partial charge < -0.3 is 10.6 Å². The minimum absolute atomic E-state index is 0.196. The molecule has 3 aromatic heterocycles. The summed E-state index contributed by atoms with van der Waals surface area (Å²) in [4.78, 5) is 20.3. The molecule has 4 aromatic rings. The number of anilines is 2. The molecular formula is C20H20N8O. The first-order valence-corrected chi connectivity index (χ1v) is 9.03. The first-order chi connectivity index (χ1) is 14.1. The molecule has 0 atom stereocenters. The van der Waals surface area contributed by atoms with E-state index >= 15 is 0 Å². The van der Waals surface area contributed by atoms with Crippen molar-refractivity contribution in [2.45, 2.75) is 13.1 Å². The number of aryl methyl sites for hydroxylation is 1. The Kier molecular flexibility index (Phi) is 5.02. The van der Waals surface area contributed by atoms with Crippen molar-refractivity contribution in [2.75, 3.05) is 5.32 Å². The highest BCUT2D eigenvalue weighted by molar-refractivity contribution is 5.86. The van der Waals surface area contributed by atoms with E-state index in [0.29, 0.717) is 19.0 Å². The van der Waals surface area contributed by atoms with Gasteiger partial charge in [0.2, 0.25) is 11.9 Å². The molecule has 0 spiro atoms. The maximum atomic E-state index is 11.4. The van der Waals surface area contributed by atoms with Gasteiger partial charge in [-0.3, -0.25) is 9.48 Å². The van der Waals surface area contributed by atoms with Gasteiger partial charge in [-0.25, -0.2) is 9.67 Å². The smallest absolute Gasteiger partial charge is 0.243 e. The summed E-state index contributed by atoms with van der Waals surface area (Å²) in [6, 6.07) is 7.97. The predicted octanol–water partition coefficient (Wildman–Crippen LogP) is 2.15. The first kappa shape index (κ1) is 18.4. The summed E-state index contributed by atoms with van der Waals surface area (Å²) >= 11 is 0. The highest BCUT2D eigenvalue weighted by atomic mass is 16.1. The average Bonchev–Trinajstić information content (AvgIpc) is 3.32. The average molecular weight is 388 g/mol. The van der Waals surface area contributed by atoms with Gasteiger partial charge in [-0.05, 0) is 17.2 Å². The number of hydrogen-bond donors (Lipinski definition) is 2. The Balaban J connectivity index is 1.54. The van der Waals surface area contributed by atoms with Crippen LogP contribution in [-0.4, -0.2) is 35.4 Å². The first-order valence-electron chi connectivity index (χ1n) is 9.03. The van der Waals surface area contributed by atoms with Crippen LogP contribution in [0.3, 0.4) is 0 Å². The highest BCUT2D eigenvalue weighted by Gasteiger charge is 2.09. The molecule has 3 heterocycles. The number of benzene rings is 1. The molecule has 29 heavy (non-hydrogen) atoms. The monoisotopic (exact) mass is 388 g/mol. The van der Waals surface area contributed by atoms with Gasteiger partial charge in [-0.15, -0.1) is 0 Å². The molecule has 9 nitrogen and oxygen atoms in total. The Morgan fingerprint density at radius 1 is 1.21 bits per heavy atom. The van der Waals surface area contributed by atoms with Crippen molar-refractivity contribution < 1.29 is 4.79 Å². The van der Waals surface area contributed by atoms with Crippen LogP contribution >= 0.6 is 0 Å². The molecule has 0 aliphatic carbocycles. The van der Waals surface area contributed by atoms with Gasteiger partial charge in [-0.1, -0.05) is 30.8 Å². The zero-order chi connectivity index (χ0) is 20.2. The molecule has 0 bridgehead atoms. The Hall–Kier alpha value is -4.01. The van der Waals surface area contributed by atoms with E-state index in [9.17, 15) is 4.79 Å². The fourth-order valence-electron chi connectivity index (χ4n) is 2.93. The van der Waals surface area contributed by atoms with Gasteiger partial charge in [0.05, 0.1) is 30.0 Å². The van der Waals surface area contributed by atoms with E-state index in [-0.39, 0.29) is 5.91 Å². The van der Waals surface area contributed by atoms with E-state index in [1.165, 1.54) is 6.08 Å². The SMILES string of the molecule is C=CC(=O)NCc1cccc(Cn2ncc3cnc(Nc4cnn(C)c4)nc32)c1. The Bertz CT molecular complexity index is 1180. The zero-order valence-corrected chi connectivity index (χ0v) is 15.9. The van der Waals surface area contributed by atoms with Crippen LogP contribution in [0.4, 0.5) is 11.6 Å². The number of carbonyl (C=O) groups excluding carboxylic acids is 1. The summed E-state index contributed by atoms with van der Waals surface area (Å²) in [5, 5.41) is 15.4. The summed E-state index contributed by atoms with van der Waals surface area (Å²) < 4.78 is 3.53. The molecule has 1 aromatic carbocycles. The fraction of sp³-hybridized carbons (Fsp3) is 0.150. The molecular weight excluding hydrogens is 368 g/mol. The van der Waals surface area contributed by atoms with E-state index in [0.717, 1.165) is 27.8 Å². The maximum absolute atomic E-state index is 11.4. The Labute approximate surface area is 167 Å². The third-order valence-corrected chi connectivity index (χ3v) is 4.31. The lowest BCUT2D eigenvalue weighted by molar-refractivity contribution is -0.116. The zero-order valence-electron chi connectivity index (χ0n) is 15.9. The molecule has 4 rings (SSSR count). The molecule has 146 valence electrons. The number of hydrogen-bond acceptors (Lipinski definition) is 6. The van der Waals surface area contributed by atoms with E-state index in [2.05, 4.69) is 37.4 Å². The van der Waals surface area contributed by atoms with Crippen molar-refractivity contribution in [3.05, 3.63) is 72.8 Å². The van der Waals surface area contributed by atoms with Crippen LogP contribution in [0.15, 0.2) is 61.7 Å². The van der Waals surface area contributed by atoms with Crippen molar-refractivity contribution >= 4 is 28.6 Å². The number of rotatable bonds is 7. The molecule has 0 radical (unpaired) electrons. The van der Waals surface area contributed by atoms with Crippen LogP contribution in [0, 0.1) is 0 Å². The summed E-state index contributed by atoms with van der Waals surface area (Å²) in [5.41, 5.74) is 3.60. The predicted molar refractivity (Wildman–Crippen MR) is 109 cm³/mol. The molecule has 0 saturated carbocycles. The van der Waals surface area contributed by atoms with Gasteiger partial charge in [0.15, 0.2) is 5.65 Å². The normalized spacial score (nSPS) is 10.8. The van der Waals surface area contributed by atoms with Gasteiger partial charge in [-0.2, -0.15) is 15.2 Å². The number of fused-ring (bicyclic) bond motifs is 1. The quantitative estimate of drug-likeness (QED) is 0.470. The highest BCUT2D eigenvalue weighted by Crippen LogP contribution is 2.17.